The molecule has 0 saturated heterocycles. The number of benzene rings is 1. The number of thiol groups is 1. The van der Waals surface area contributed by atoms with E-state index in [-0.39, 0.29) is 5.02 Å². The molecule has 2 rings (SSSR count). The minimum Gasteiger partial charge on any atom is -0.227 e. The molecule has 1 aromatic carbocycles. The van der Waals surface area contributed by atoms with E-state index in [1.807, 2.05) is 0 Å². The summed E-state index contributed by atoms with van der Waals surface area (Å²) in [5, 5.41) is 0.0472. The Morgan fingerprint density at radius 2 is 2.06 bits per heavy atom. The monoisotopic (exact) mass is 272 g/mol. The molecule has 0 atom stereocenters. The van der Waals surface area contributed by atoms with Crippen LogP contribution in [0.1, 0.15) is 18.4 Å². The van der Waals surface area contributed by atoms with Gasteiger partial charge in [-0.05, 0) is 42.2 Å². The highest BCUT2D eigenvalue weighted by molar-refractivity contribution is 7.77. The van der Waals surface area contributed by atoms with Gasteiger partial charge in [-0.15, -0.1) is 0 Å². The molecule has 2 nitrogen and oxygen atoms in total. The molecule has 0 spiro atoms. The Kier molecular flexibility index (Phi) is 3.64. The molecule has 0 fully saturated rings. The van der Waals surface area contributed by atoms with Gasteiger partial charge in [0, 0.05) is 0 Å². The van der Waals surface area contributed by atoms with Crippen LogP contribution in [0.4, 0.5) is 4.39 Å². The third kappa shape index (κ3) is 2.76. The van der Waals surface area contributed by atoms with Crippen LogP contribution in [0.3, 0.4) is 0 Å². The SMILES string of the molecule is O=[SH](=O)C1=CCCC(c2ccc(F)c(Cl)c2)=C1. The first kappa shape index (κ1) is 12.3. The first-order valence-electron chi connectivity index (χ1n) is 5.08. The number of hydrogen-bond donors (Lipinski definition) is 1. The van der Waals surface area contributed by atoms with Crippen molar-refractivity contribution in [2.75, 3.05) is 0 Å². The van der Waals surface area contributed by atoms with E-state index in [1.54, 1.807) is 18.2 Å². The molecule has 1 aliphatic carbocycles. The first-order valence-corrected chi connectivity index (χ1v) is 6.64. The summed E-state index contributed by atoms with van der Waals surface area (Å²) in [4.78, 5) is 0.307. The van der Waals surface area contributed by atoms with Crippen molar-refractivity contribution >= 4 is 27.9 Å². The standard InChI is InChI=1S/C12H10ClFO2S/c13-11-7-9(4-5-12(11)14)8-2-1-3-10(6-8)17(15)16/h3-7,17H,1-2H2. The lowest BCUT2D eigenvalue weighted by molar-refractivity contribution is 0.620. The van der Waals surface area contributed by atoms with Crippen LogP contribution in [0, 0.1) is 5.82 Å². The predicted octanol–water partition coefficient (Wildman–Crippen LogP) is 3.15. The number of halogens is 2. The Morgan fingerprint density at radius 3 is 2.71 bits per heavy atom. The fourth-order valence-corrected chi connectivity index (χ4v) is 2.46. The molecule has 0 heterocycles. The summed E-state index contributed by atoms with van der Waals surface area (Å²) in [7, 11) is -2.57. The third-order valence-electron chi connectivity index (χ3n) is 2.59. The summed E-state index contributed by atoms with van der Waals surface area (Å²) in [5.74, 6) is -0.475. The number of hydrogen-bond acceptors (Lipinski definition) is 2. The second-order valence-corrected chi connectivity index (χ2v) is 5.16. The van der Waals surface area contributed by atoms with E-state index in [4.69, 9.17) is 11.6 Å². The van der Waals surface area contributed by atoms with Crippen molar-refractivity contribution in [1.82, 2.24) is 0 Å². The molecule has 0 aliphatic heterocycles. The van der Waals surface area contributed by atoms with Gasteiger partial charge in [0.1, 0.15) is 5.82 Å². The summed E-state index contributed by atoms with van der Waals surface area (Å²) >= 11 is 5.70. The third-order valence-corrected chi connectivity index (χ3v) is 3.61. The highest BCUT2D eigenvalue weighted by Crippen LogP contribution is 2.29. The molecule has 17 heavy (non-hydrogen) atoms. The van der Waals surface area contributed by atoms with Crippen molar-refractivity contribution in [2.45, 2.75) is 12.8 Å². The summed E-state index contributed by atoms with van der Waals surface area (Å²) < 4.78 is 34.8. The Morgan fingerprint density at radius 1 is 1.29 bits per heavy atom. The molecule has 0 radical (unpaired) electrons. The van der Waals surface area contributed by atoms with E-state index in [2.05, 4.69) is 0 Å². The van der Waals surface area contributed by atoms with Crippen LogP contribution in [0.5, 0.6) is 0 Å². The molecule has 0 bridgehead atoms. The average molecular weight is 273 g/mol. The van der Waals surface area contributed by atoms with E-state index in [0.29, 0.717) is 11.3 Å². The van der Waals surface area contributed by atoms with Crippen molar-refractivity contribution in [2.24, 2.45) is 0 Å². The van der Waals surface area contributed by atoms with Crippen LogP contribution in [0.25, 0.3) is 5.57 Å². The maximum Gasteiger partial charge on any atom is 0.167 e. The number of allylic oxidation sites excluding steroid dienone is 3. The minimum absolute atomic E-state index is 0.0472. The lowest BCUT2D eigenvalue weighted by Crippen LogP contribution is -1.94. The quantitative estimate of drug-likeness (QED) is 0.839. The van der Waals surface area contributed by atoms with E-state index in [0.717, 1.165) is 17.6 Å². The Balaban J connectivity index is 2.40. The molecule has 5 heteroatoms. The van der Waals surface area contributed by atoms with Gasteiger partial charge in [-0.1, -0.05) is 23.7 Å². The highest BCUT2D eigenvalue weighted by atomic mass is 35.5. The average Bonchev–Trinajstić information content (AvgIpc) is 2.33. The maximum absolute atomic E-state index is 13.0. The maximum atomic E-state index is 13.0. The zero-order valence-corrected chi connectivity index (χ0v) is 10.5. The zero-order chi connectivity index (χ0) is 12.4. The second kappa shape index (κ2) is 5.02. The van der Waals surface area contributed by atoms with Gasteiger partial charge in [0.15, 0.2) is 10.7 Å². The molecule has 0 N–H and O–H groups in total. The first-order chi connectivity index (χ1) is 8.08. The van der Waals surface area contributed by atoms with E-state index < -0.39 is 16.5 Å². The Bertz CT molecular complexity index is 580. The molecule has 0 saturated carbocycles. The van der Waals surface area contributed by atoms with Crippen LogP contribution >= 0.6 is 11.6 Å². The molecule has 90 valence electrons. The van der Waals surface area contributed by atoms with Crippen LogP contribution in [-0.2, 0) is 10.7 Å². The molecule has 0 unspecified atom stereocenters. The van der Waals surface area contributed by atoms with E-state index in [9.17, 15) is 12.8 Å². The molecular weight excluding hydrogens is 263 g/mol. The normalized spacial score (nSPS) is 15.7. The molecule has 1 aromatic rings. The molecule has 0 aromatic heterocycles. The summed E-state index contributed by atoms with van der Waals surface area (Å²) in [6.07, 6.45) is 4.69. The van der Waals surface area contributed by atoms with Crippen LogP contribution in [0.2, 0.25) is 5.02 Å². The van der Waals surface area contributed by atoms with Crippen LogP contribution < -0.4 is 0 Å². The Hall–Kier alpha value is -1.13. The summed E-state index contributed by atoms with van der Waals surface area (Å²) in [5.41, 5.74) is 1.63. The van der Waals surface area contributed by atoms with E-state index in [1.165, 1.54) is 12.1 Å². The topological polar surface area (TPSA) is 34.1 Å². The van der Waals surface area contributed by atoms with Crippen molar-refractivity contribution < 1.29 is 12.8 Å². The number of rotatable bonds is 2. The summed E-state index contributed by atoms with van der Waals surface area (Å²) in [6.45, 7) is 0. The van der Waals surface area contributed by atoms with Crippen molar-refractivity contribution in [3.05, 3.63) is 51.7 Å². The van der Waals surface area contributed by atoms with Gasteiger partial charge in [0.25, 0.3) is 0 Å². The summed E-state index contributed by atoms with van der Waals surface area (Å²) in [6, 6.07) is 4.41. The van der Waals surface area contributed by atoms with Crippen LogP contribution in [0.15, 0.2) is 35.3 Å². The smallest absolute Gasteiger partial charge is 0.167 e. The predicted molar refractivity (Wildman–Crippen MR) is 67.0 cm³/mol. The van der Waals surface area contributed by atoms with Crippen molar-refractivity contribution in [3.8, 4) is 0 Å². The Labute approximate surface area is 105 Å². The zero-order valence-electron chi connectivity index (χ0n) is 8.82. The van der Waals surface area contributed by atoms with Gasteiger partial charge >= 0.3 is 0 Å². The molecule has 0 amide bonds. The van der Waals surface area contributed by atoms with Gasteiger partial charge < -0.3 is 0 Å². The fourth-order valence-electron chi connectivity index (χ4n) is 1.74. The second-order valence-electron chi connectivity index (χ2n) is 3.72. The van der Waals surface area contributed by atoms with Gasteiger partial charge in [0.2, 0.25) is 0 Å². The van der Waals surface area contributed by atoms with Gasteiger partial charge in [-0.25, -0.2) is 12.8 Å². The fraction of sp³-hybridized carbons (Fsp3) is 0.167. The van der Waals surface area contributed by atoms with Gasteiger partial charge in [-0.3, -0.25) is 0 Å². The van der Waals surface area contributed by atoms with Gasteiger partial charge in [-0.2, -0.15) is 0 Å². The lowest BCUT2D eigenvalue weighted by atomic mass is 9.97. The molecule has 1 aliphatic rings. The lowest BCUT2D eigenvalue weighted by Gasteiger charge is -2.11. The van der Waals surface area contributed by atoms with E-state index >= 15 is 0 Å². The van der Waals surface area contributed by atoms with Crippen LogP contribution in [-0.4, -0.2) is 8.42 Å². The van der Waals surface area contributed by atoms with Gasteiger partial charge in [0.05, 0.1) is 9.93 Å². The minimum atomic E-state index is -2.57. The van der Waals surface area contributed by atoms with Crippen molar-refractivity contribution in [3.63, 3.8) is 0 Å². The van der Waals surface area contributed by atoms with Crippen molar-refractivity contribution in [1.29, 1.82) is 0 Å². The highest BCUT2D eigenvalue weighted by Gasteiger charge is 2.10. The largest absolute Gasteiger partial charge is 0.227 e. The molecular formula is C12H10ClFO2S.